The van der Waals surface area contributed by atoms with Gasteiger partial charge in [-0.25, -0.2) is 4.98 Å². The van der Waals surface area contributed by atoms with Crippen molar-refractivity contribution in [3.05, 3.63) is 36.0 Å². The highest BCUT2D eigenvalue weighted by atomic mass is 32.2. The van der Waals surface area contributed by atoms with E-state index in [1.807, 2.05) is 0 Å². The van der Waals surface area contributed by atoms with Crippen LogP contribution in [-0.4, -0.2) is 25.6 Å². The zero-order valence-corrected chi connectivity index (χ0v) is 12.3. The van der Waals surface area contributed by atoms with E-state index in [1.54, 1.807) is 12.1 Å². The second kappa shape index (κ2) is 6.57. The van der Waals surface area contributed by atoms with Crippen molar-refractivity contribution in [2.24, 2.45) is 0 Å². The van der Waals surface area contributed by atoms with Crippen LogP contribution in [0.5, 0.6) is 5.75 Å². The van der Waals surface area contributed by atoms with E-state index in [1.165, 1.54) is 19.1 Å². The van der Waals surface area contributed by atoms with Crippen LogP contribution in [0.15, 0.2) is 34.7 Å². The number of esters is 1. The Morgan fingerprint density at radius 3 is 2.71 bits per heavy atom. The average molecular weight is 325 g/mol. The number of rotatable bonds is 4. The molecule has 1 atom stereocenters. The molecule has 0 aliphatic rings. The molecule has 0 aliphatic heterocycles. The van der Waals surface area contributed by atoms with Crippen molar-refractivity contribution in [3.8, 4) is 5.75 Å². The molecule has 1 N–H and O–H groups in total. The van der Waals surface area contributed by atoms with Crippen molar-refractivity contribution in [1.82, 2.24) is 4.98 Å². The van der Waals surface area contributed by atoms with Gasteiger partial charge in [-0.15, -0.1) is 0 Å². The minimum Gasteiger partial charge on any atom is -0.768 e. The Bertz CT molecular complexity index is 713. The number of amides is 1. The fourth-order valence-corrected chi connectivity index (χ4v) is 2.65. The summed E-state index contributed by atoms with van der Waals surface area (Å²) >= 11 is -1.57. The standard InChI is InChI=1S/C12H10N2O5S2/c1-7(15)19-9-5-3-2-4-8(9)11(16)14-12-13-6-10(20-12)21(17)18/h2-6H,1H3,(H,17,18)(H,13,14,16)/p-1. The first-order valence-electron chi connectivity index (χ1n) is 5.61. The molecular formula is C12H9N2O5S2-. The summed E-state index contributed by atoms with van der Waals surface area (Å²) in [6.07, 6.45) is 1.14. The summed E-state index contributed by atoms with van der Waals surface area (Å²) in [4.78, 5) is 26.9. The van der Waals surface area contributed by atoms with E-state index in [0.717, 1.165) is 17.5 Å². The molecule has 9 heteroatoms. The highest BCUT2D eigenvalue weighted by Gasteiger charge is 2.15. The van der Waals surface area contributed by atoms with Gasteiger partial charge in [0.1, 0.15) is 5.75 Å². The summed E-state index contributed by atoms with van der Waals surface area (Å²) in [7, 11) is 0. The molecule has 1 unspecified atom stereocenters. The molecule has 0 fully saturated rings. The van der Waals surface area contributed by atoms with E-state index in [9.17, 15) is 18.4 Å². The number of carbonyl (C=O) groups excluding carboxylic acids is 2. The van der Waals surface area contributed by atoms with Gasteiger partial charge in [-0.05, 0) is 23.2 Å². The zero-order chi connectivity index (χ0) is 15.4. The first-order valence-corrected chi connectivity index (χ1v) is 7.50. The number of thiazole rings is 1. The maximum Gasteiger partial charge on any atom is 0.308 e. The molecule has 0 aliphatic carbocycles. The number of anilines is 1. The van der Waals surface area contributed by atoms with Gasteiger partial charge in [-0.2, -0.15) is 0 Å². The van der Waals surface area contributed by atoms with Crippen molar-refractivity contribution in [2.45, 2.75) is 11.1 Å². The Kier molecular flexibility index (Phi) is 4.78. The second-order valence-corrected chi connectivity index (χ2v) is 5.96. The van der Waals surface area contributed by atoms with Crippen LogP contribution >= 0.6 is 11.3 Å². The number of nitrogens with zero attached hydrogens (tertiary/aromatic N) is 1. The number of para-hydroxylation sites is 1. The lowest BCUT2D eigenvalue weighted by Crippen LogP contribution is -2.14. The molecule has 1 aromatic carbocycles. The van der Waals surface area contributed by atoms with Crippen LogP contribution in [0.2, 0.25) is 0 Å². The summed E-state index contributed by atoms with van der Waals surface area (Å²) in [6.45, 7) is 1.23. The summed E-state index contributed by atoms with van der Waals surface area (Å²) < 4.78 is 26.4. The van der Waals surface area contributed by atoms with Crippen molar-refractivity contribution in [3.63, 3.8) is 0 Å². The van der Waals surface area contributed by atoms with Crippen LogP contribution in [-0.2, 0) is 15.9 Å². The van der Waals surface area contributed by atoms with E-state index in [4.69, 9.17) is 4.74 Å². The minimum absolute atomic E-state index is 0.0126. The third-order valence-corrected chi connectivity index (χ3v) is 4.05. The zero-order valence-electron chi connectivity index (χ0n) is 10.7. The normalized spacial score (nSPS) is 11.7. The molecule has 1 amide bonds. The summed E-state index contributed by atoms with van der Waals surface area (Å²) in [6, 6.07) is 6.20. The molecule has 21 heavy (non-hydrogen) atoms. The van der Waals surface area contributed by atoms with Gasteiger partial charge in [0.25, 0.3) is 5.91 Å². The Morgan fingerprint density at radius 2 is 2.10 bits per heavy atom. The predicted molar refractivity (Wildman–Crippen MR) is 75.0 cm³/mol. The molecule has 0 saturated carbocycles. The van der Waals surface area contributed by atoms with Gasteiger partial charge in [0, 0.05) is 6.92 Å². The molecule has 2 aromatic rings. The van der Waals surface area contributed by atoms with Crippen LogP contribution in [0.25, 0.3) is 0 Å². The van der Waals surface area contributed by atoms with Gasteiger partial charge in [0.2, 0.25) is 0 Å². The van der Waals surface area contributed by atoms with Gasteiger partial charge in [0.15, 0.2) is 5.13 Å². The maximum atomic E-state index is 12.1. The Morgan fingerprint density at radius 1 is 1.38 bits per heavy atom. The van der Waals surface area contributed by atoms with E-state index >= 15 is 0 Å². The largest absolute Gasteiger partial charge is 0.768 e. The lowest BCUT2D eigenvalue weighted by atomic mass is 10.2. The van der Waals surface area contributed by atoms with Crippen LogP contribution in [0, 0.1) is 0 Å². The maximum absolute atomic E-state index is 12.1. The topological polar surface area (TPSA) is 108 Å². The first kappa shape index (κ1) is 15.3. The van der Waals surface area contributed by atoms with Crippen molar-refractivity contribution in [1.29, 1.82) is 0 Å². The number of hydrogen-bond donors (Lipinski definition) is 1. The first-order chi connectivity index (χ1) is 9.97. The summed E-state index contributed by atoms with van der Waals surface area (Å²) in [5.41, 5.74) is 0.146. The summed E-state index contributed by atoms with van der Waals surface area (Å²) in [5, 5.41) is 2.59. The fourth-order valence-electron chi connectivity index (χ4n) is 1.46. The van der Waals surface area contributed by atoms with Gasteiger partial charge in [-0.1, -0.05) is 23.5 Å². The molecule has 0 saturated heterocycles. The number of ether oxygens (including phenoxy) is 1. The van der Waals surface area contributed by atoms with Crippen molar-refractivity contribution < 1.29 is 23.1 Å². The Labute approximate surface area is 126 Å². The Hall–Kier alpha value is -2.10. The van der Waals surface area contributed by atoms with Crippen LogP contribution in [0.4, 0.5) is 5.13 Å². The highest BCUT2D eigenvalue weighted by Crippen LogP contribution is 2.23. The third-order valence-electron chi connectivity index (χ3n) is 2.25. The van der Waals surface area contributed by atoms with Crippen molar-refractivity contribution in [2.75, 3.05) is 5.32 Å². The lowest BCUT2D eigenvalue weighted by molar-refractivity contribution is -0.131. The van der Waals surface area contributed by atoms with E-state index in [2.05, 4.69) is 10.3 Å². The van der Waals surface area contributed by atoms with Gasteiger partial charge in [0.05, 0.1) is 16.0 Å². The fraction of sp³-hybridized carbons (Fsp3) is 0.0833. The predicted octanol–water partition coefficient (Wildman–Crippen LogP) is 1.56. The average Bonchev–Trinajstić information content (AvgIpc) is 2.87. The molecule has 110 valence electrons. The third kappa shape index (κ3) is 3.94. The quantitative estimate of drug-likeness (QED) is 0.519. The molecular weight excluding hydrogens is 316 g/mol. The number of aromatic nitrogens is 1. The van der Waals surface area contributed by atoms with Crippen molar-refractivity contribution >= 4 is 39.4 Å². The Balaban J connectivity index is 2.19. The van der Waals surface area contributed by atoms with E-state index in [0.29, 0.717) is 0 Å². The number of hydrogen-bond acceptors (Lipinski definition) is 7. The van der Waals surface area contributed by atoms with Crippen LogP contribution in [0.3, 0.4) is 0 Å². The number of benzene rings is 1. The number of nitrogens with one attached hydrogen (secondary N) is 1. The molecule has 0 bridgehead atoms. The molecule has 0 spiro atoms. The second-order valence-electron chi connectivity index (χ2n) is 3.76. The highest BCUT2D eigenvalue weighted by molar-refractivity contribution is 7.81. The molecule has 7 nitrogen and oxygen atoms in total. The van der Waals surface area contributed by atoms with Crippen LogP contribution in [0.1, 0.15) is 17.3 Å². The smallest absolute Gasteiger partial charge is 0.308 e. The van der Waals surface area contributed by atoms with Gasteiger partial charge in [-0.3, -0.25) is 19.1 Å². The van der Waals surface area contributed by atoms with E-state index < -0.39 is 23.0 Å². The number of carbonyl (C=O) groups is 2. The van der Waals surface area contributed by atoms with Gasteiger partial charge < -0.3 is 9.29 Å². The SMILES string of the molecule is CC(=O)Oc1ccccc1C(=O)Nc1ncc(S(=O)[O-])s1. The molecule has 1 aromatic heterocycles. The molecule has 2 rings (SSSR count). The minimum atomic E-state index is -2.39. The lowest BCUT2D eigenvalue weighted by Gasteiger charge is -2.07. The summed E-state index contributed by atoms with van der Waals surface area (Å²) in [5.74, 6) is -0.982. The molecule has 1 heterocycles. The van der Waals surface area contributed by atoms with Crippen LogP contribution < -0.4 is 10.1 Å². The molecule has 0 radical (unpaired) electrons. The van der Waals surface area contributed by atoms with Gasteiger partial charge >= 0.3 is 5.97 Å². The van der Waals surface area contributed by atoms with E-state index in [-0.39, 0.29) is 20.7 Å². The monoisotopic (exact) mass is 325 g/mol.